The zero-order chi connectivity index (χ0) is 11.3. The van der Waals surface area contributed by atoms with E-state index in [4.69, 9.17) is 4.74 Å². The van der Waals surface area contributed by atoms with Crippen molar-refractivity contribution in [2.75, 3.05) is 7.11 Å². The van der Waals surface area contributed by atoms with Crippen molar-refractivity contribution in [1.29, 1.82) is 0 Å². The topological polar surface area (TPSA) is 9.23 Å². The van der Waals surface area contributed by atoms with Gasteiger partial charge >= 0.3 is 0 Å². The van der Waals surface area contributed by atoms with Crippen LogP contribution in [0.3, 0.4) is 0 Å². The summed E-state index contributed by atoms with van der Waals surface area (Å²) in [5.41, 5.74) is 0.894. The molecule has 0 spiro atoms. The van der Waals surface area contributed by atoms with Gasteiger partial charge in [-0.3, -0.25) is 0 Å². The van der Waals surface area contributed by atoms with E-state index in [2.05, 4.69) is 22.9 Å². The fourth-order valence-corrected chi connectivity index (χ4v) is 2.17. The maximum atomic E-state index is 13.1. The normalized spacial score (nSPS) is 12.5. The van der Waals surface area contributed by atoms with Crippen LogP contribution in [-0.4, -0.2) is 7.11 Å². The number of ether oxygens (including phenoxy) is 1. The SMILES string of the molecule is CCCCC(Br)c1cc(F)ccc1OC. The number of unbranched alkanes of at least 4 members (excludes halogenated alkanes) is 1. The molecular formula is C12H16BrFO. The quantitative estimate of drug-likeness (QED) is 0.721. The molecule has 0 aliphatic rings. The minimum Gasteiger partial charge on any atom is -0.496 e. The number of hydrogen-bond acceptors (Lipinski definition) is 1. The predicted molar refractivity (Wildman–Crippen MR) is 64.1 cm³/mol. The van der Waals surface area contributed by atoms with E-state index in [9.17, 15) is 4.39 Å². The minimum absolute atomic E-state index is 0.170. The van der Waals surface area contributed by atoms with Gasteiger partial charge in [0.15, 0.2) is 0 Å². The molecule has 1 aromatic rings. The average molecular weight is 275 g/mol. The molecular weight excluding hydrogens is 259 g/mol. The van der Waals surface area contributed by atoms with Crippen molar-refractivity contribution in [2.24, 2.45) is 0 Å². The molecule has 0 heterocycles. The highest BCUT2D eigenvalue weighted by molar-refractivity contribution is 9.09. The van der Waals surface area contributed by atoms with Gasteiger partial charge in [-0.25, -0.2) is 4.39 Å². The van der Waals surface area contributed by atoms with Crippen molar-refractivity contribution in [1.82, 2.24) is 0 Å². The summed E-state index contributed by atoms with van der Waals surface area (Å²) in [7, 11) is 1.61. The smallest absolute Gasteiger partial charge is 0.123 e. The summed E-state index contributed by atoms with van der Waals surface area (Å²) in [4.78, 5) is 0.170. The Hall–Kier alpha value is -0.570. The molecule has 0 saturated carbocycles. The van der Waals surface area contributed by atoms with Crippen molar-refractivity contribution < 1.29 is 9.13 Å². The van der Waals surface area contributed by atoms with Gasteiger partial charge in [0.25, 0.3) is 0 Å². The monoisotopic (exact) mass is 274 g/mol. The molecule has 1 rings (SSSR count). The van der Waals surface area contributed by atoms with Gasteiger partial charge in [0, 0.05) is 10.4 Å². The van der Waals surface area contributed by atoms with Gasteiger partial charge in [-0.05, 0) is 24.6 Å². The molecule has 0 aromatic heterocycles. The molecule has 1 aromatic carbocycles. The van der Waals surface area contributed by atoms with Gasteiger partial charge in [-0.15, -0.1) is 0 Å². The fraction of sp³-hybridized carbons (Fsp3) is 0.500. The van der Waals surface area contributed by atoms with Gasteiger partial charge in [-0.1, -0.05) is 35.7 Å². The fourth-order valence-electron chi connectivity index (χ4n) is 1.49. The summed E-state index contributed by atoms with van der Waals surface area (Å²) in [6.45, 7) is 2.14. The molecule has 0 bridgehead atoms. The minimum atomic E-state index is -0.216. The van der Waals surface area contributed by atoms with Crippen molar-refractivity contribution in [3.05, 3.63) is 29.6 Å². The van der Waals surface area contributed by atoms with Crippen LogP contribution in [0, 0.1) is 5.82 Å². The Balaban J connectivity index is 2.85. The first-order chi connectivity index (χ1) is 7.19. The second kappa shape index (κ2) is 6.11. The molecule has 0 radical (unpaired) electrons. The molecule has 0 saturated heterocycles. The van der Waals surface area contributed by atoms with Crippen molar-refractivity contribution in [2.45, 2.75) is 31.0 Å². The largest absolute Gasteiger partial charge is 0.496 e. The third kappa shape index (κ3) is 3.49. The number of hydrogen-bond donors (Lipinski definition) is 0. The Bertz CT molecular complexity index is 314. The zero-order valence-corrected chi connectivity index (χ0v) is 10.7. The molecule has 0 aliphatic heterocycles. The first kappa shape index (κ1) is 12.5. The molecule has 0 fully saturated rings. The van der Waals surface area contributed by atoms with E-state index in [1.54, 1.807) is 13.2 Å². The van der Waals surface area contributed by atoms with Crippen molar-refractivity contribution >= 4 is 15.9 Å². The van der Waals surface area contributed by atoms with Crippen LogP contribution < -0.4 is 4.74 Å². The molecule has 0 N–H and O–H groups in total. The summed E-state index contributed by atoms with van der Waals surface area (Å²) >= 11 is 3.57. The van der Waals surface area contributed by atoms with Gasteiger partial charge in [0.2, 0.25) is 0 Å². The Kier molecular flexibility index (Phi) is 5.09. The van der Waals surface area contributed by atoms with E-state index in [-0.39, 0.29) is 10.6 Å². The third-order valence-electron chi connectivity index (χ3n) is 2.34. The summed E-state index contributed by atoms with van der Waals surface area (Å²) < 4.78 is 18.3. The van der Waals surface area contributed by atoms with E-state index >= 15 is 0 Å². The summed E-state index contributed by atoms with van der Waals surface area (Å²) in [5, 5.41) is 0. The van der Waals surface area contributed by atoms with Crippen LogP contribution in [0.25, 0.3) is 0 Å². The predicted octanol–water partition coefficient (Wildman–Crippen LogP) is 4.46. The van der Waals surface area contributed by atoms with Gasteiger partial charge < -0.3 is 4.74 Å². The molecule has 1 nitrogen and oxygen atoms in total. The third-order valence-corrected chi connectivity index (χ3v) is 3.29. The summed E-state index contributed by atoms with van der Waals surface area (Å²) in [6, 6.07) is 4.63. The number of halogens is 2. The lowest BCUT2D eigenvalue weighted by Crippen LogP contribution is -1.96. The first-order valence-corrected chi connectivity index (χ1v) is 6.08. The summed E-state index contributed by atoms with van der Waals surface area (Å²) in [6.07, 6.45) is 3.26. The second-order valence-corrected chi connectivity index (χ2v) is 4.60. The van der Waals surface area contributed by atoms with E-state index in [1.807, 2.05) is 0 Å². The molecule has 15 heavy (non-hydrogen) atoms. The van der Waals surface area contributed by atoms with E-state index in [0.717, 1.165) is 30.6 Å². The molecule has 3 heteroatoms. The van der Waals surface area contributed by atoms with Crippen LogP contribution in [0.15, 0.2) is 18.2 Å². The lowest BCUT2D eigenvalue weighted by molar-refractivity contribution is 0.407. The first-order valence-electron chi connectivity index (χ1n) is 5.16. The highest BCUT2D eigenvalue weighted by atomic mass is 79.9. The zero-order valence-electron chi connectivity index (χ0n) is 9.09. The van der Waals surface area contributed by atoms with E-state index < -0.39 is 0 Å². The van der Waals surface area contributed by atoms with Crippen molar-refractivity contribution in [3.8, 4) is 5.75 Å². The van der Waals surface area contributed by atoms with Crippen molar-refractivity contribution in [3.63, 3.8) is 0 Å². The second-order valence-electron chi connectivity index (χ2n) is 3.50. The van der Waals surface area contributed by atoms with Gasteiger partial charge in [0.05, 0.1) is 7.11 Å². The number of benzene rings is 1. The molecule has 1 unspecified atom stereocenters. The highest BCUT2D eigenvalue weighted by Gasteiger charge is 2.13. The number of rotatable bonds is 5. The van der Waals surface area contributed by atoms with Crippen LogP contribution in [0.2, 0.25) is 0 Å². The lowest BCUT2D eigenvalue weighted by Gasteiger charge is -2.13. The van der Waals surface area contributed by atoms with Crippen LogP contribution in [-0.2, 0) is 0 Å². The maximum absolute atomic E-state index is 13.1. The van der Waals surface area contributed by atoms with Crippen LogP contribution in [0.1, 0.15) is 36.6 Å². The van der Waals surface area contributed by atoms with E-state index in [0.29, 0.717) is 0 Å². The number of alkyl halides is 1. The maximum Gasteiger partial charge on any atom is 0.123 e. The van der Waals surface area contributed by atoms with Gasteiger partial charge in [0.1, 0.15) is 11.6 Å². The average Bonchev–Trinajstić information content (AvgIpc) is 2.25. The van der Waals surface area contributed by atoms with Crippen LogP contribution in [0.5, 0.6) is 5.75 Å². The summed E-state index contributed by atoms with van der Waals surface area (Å²) in [5.74, 6) is 0.529. The molecule has 0 amide bonds. The molecule has 0 aliphatic carbocycles. The standard InChI is InChI=1S/C12H16BrFO/c1-3-4-5-11(13)10-8-9(14)6-7-12(10)15-2/h6-8,11H,3-5H2,1-2H3. The van der Waals surface area contributed by atoms with Crippen LogP contribution in [0.4, 0.5) is 4.39 Å². The Morgan fingerprint density at radius 2 is 2.20 bits per heavy atom. The van der Waals surface area contributed by atoms with E-state index in [1.165, 1.54) is 12.1 Å². The Labute approximate surface area is 98.8 Å². The van der Waals surface area contributed by atoms with Gasteiger partial charge in [-0.2, -0.15) is 0 Å². The molecule has 1 atom stereocenters. The van der Waals surface area contributed by atoms with Crippen LogP contribution >= 0.6 is 15.9 Å². The Morgan fingerprint density at radius 3 is 2.80 bits per heavy atom. The highest BCUT2D eigenvalue weighted by Crippen LogP contribution is 2.35. The Morgan fingerprint density at radius 1 is 1.47 bits per heavy atom. The molecule has 84 valence electrons. The lowest BCUT2D eigenvalue weighted by atomic mass is 10.1. The number of methoxy groups -OCH3 is 1.